The van der Waals surface area contributed by atoms with E-state index in [0.717, 1.165) is 21.7 Å². The van der Waals surface area contributed by atoms with E-state index in [0.29, 0.717) is 23.4 Å². The summed E-state index contributed by atoms with van der Waals surface area (Å²) in [6.07, 6.45) is 4.75. The number of fused-ring (bicyclic) bond motifs is 1. The molecule has 5 aromatic rings. The zero-order valence-corrected chi connectivity index (χ0v) is 24.5. The molecule has 0 aliphatic carbocycles. The number of benzene rings is 4. The van der Waals surface area contributed by atoms with E-state index in [9.17, 15) is 18.0 Å². The van der Waals surface area contributed by atoms with E-state index in [1.54, 1.807) is 41.3 Å². The third-order valence-corrected chi connectivity index (χ3v) is 8.02. The van der Waals surface area contributed by atoms with E-state index in [4.69, 9.17) is 0 Å². The normalized spacial score (nSPS) is 12.3. The van der Waals surface area contributed by atoms with E-state index >= 15 is 0 Å². The maximum Gasteiger partial charge on any atom is 0.257 e. The van der Waals surface area contributed by atoms with Gasteiger partial charge in [-0.3, -0.25) is 14.3 Å². The highest BCUT2D eigenvalue weighted by atomic mass is 32.2. The van der Waals surface area contributed by atoms with Crippen LogP contribution in [-0.2, 0) is 32.6 Å². The molecule has 2 amide bonds. The van der Waals surface area contributed by atoms with E-state index in [-0.39, 0.29) is 13.0 Å². The van der Waals surface area contributed by atoms with Crippen molar-refractivity contribution in [3.8, 4) is 0 Å². The van der Waals surface area contributed by atoms with Gasteiger partial charge in [0.05, 0.1) is 18.1 Å². The Labute approximate surface area is 251 Å². The standard InChI is InChI=1S/C34H32N4O4S/c1-2-38(31-18-17-29-15-9-10-16-30(29)22-31)34(40)32(21-28-23-35-37(25-28)24-27-13-7-4-8-14-27)33(39)36-43(41,42)20-19-26-11-5-3-6-12-26/h3-20,22-23,25,32H,2,21,24H2,1H3,(H,36,39)/b20-19+. The van der Waals surface area contributed by atoms with E-state index in [1.165, 1.54) is 11.0 Å². The molecule has 0 spiro atoms. The second kappa shape index (κ2) is 13.3. The number of sulfonamides is 1. The highest BCUT2D eigenvalue weighted by Gasteiger charge is 2.33. The minimum absolute atomic E-state index is 0.0263. The lowest BCUT2D eigenvalue weighted by atomic mass is 9.98. The predicted octanol–water partition coefficient (Wildman–Crippen LogP) is 5.41. The molecule has 0 bridgehead atoms. The fourth-order valence-electron chi connectivity index (χ4n) is 4.87. The first-order valence-electron chi connectivity index (χ1n) is 14.0. The molecule has 0 fully saturated rings. The molecule has 0 radical (unpaired) electrons. The number of anilines is 1. The minimum Gasteiger partial charge on any atom is -0.312 e. The van der Waals surface area contributed by atoms with Crippen molar-refractivity contribution in [3.63, 3.8) is 0 Å². The van der Waals surface area contributed by atoms with Crippen molar-refractivity contribution in [3.05, 3.63) is 138 Å². The summed E-state index contributed by atoms with van der Waals surface area (Å²) in [5.41, 5.74) is 2.96. The van der Waals surface area contributed by atoms with Crippen LogP contribution in [0.25, 0.3) is 16.8 Å². The van der Waals surface area contributed by atoms with Crippen LogP contribution in [0.2, 0.25) is 0 Å². The van der Waals surface area contributed by atoms with Crippen molar-refractivity contribution in [1.82, 2.24) is 14.5 Å². The van der Waals surface area contributed by atoms with Crippen LogP contribution in [0, 0.1) is 5.92 Å². The van der Waals surface area contributed by atoms with Gasteiger partial charge in [-0.05, 0) is 59.0 Å². The van der Waals surface area contributed by atoms with Gasteiger partial charge in [-0.2, -0.15) is 5.10 Å². The molecule has 0 saturated heterocycles. The molecule has 1 atom stereocenters. The second-order valence-corrected chi connectivity index (χ2v) is 11.7. The summed E-state index contributed by atoms with van der Waals surface area (Å²) >= 11 is 0. The number of nitrogens with one attached hydrogen (secondary N) is 1. The number of carbonyl (C=O) groups excluding carboxylic acids is 2. The number of aromatic nitrogens is 2. The topological polar surface area (TPSA) is 101 Å². The van der Waals surface area contributed by atoms with Gasteiger partial charge < -0.3 is 4.90 Å². The van der Waals surface area contributed by atoms with Gasteiger partial charge in [-0.15, -0.1) is 0 Å². The SMILES string of the molecule is CCN(C(=O)C(Cc1cnn(Cc2ccccc2)c1)C(=O)NS(=O)(=O)/C=C/c1ccccc1)c1ccc2ccccc2c1. The maximum atomic E-state index is 14.0. The van der Waals surface area contributed by atoms with Gasteiger partial charge in [-0.25, -0.2) is 13.1 Å². The third-order valence-electron chi connectivity index (χ3n) is 7.04. The van der Waals surface area contributed by atoms with Crippen LogP contribution in [0.15, 0.2) is 121 Å². The van der Waals surface area contributed by atoms with Gasteiger partial charge in [0.15, 0.2) is 0 Å². The van der Waals surface area contributed by atoms with E-state index in [1.807, 2.05) is 85.8 Å². The Kier molecular flexibility index (Phi) is 9.12. The van der Waals surface area contributed by atoms with Gasteiger partial charge >= 0.3 is 0 Å². The average Bonchev–Trinajstić information content (AvgIpc) is 3.46. The molecule has 0 aliphatic rings. The summed E-state index contributed by atoms with van der Waals surface area (Å²) in [6.45, 7) is 2.62. The maximum absolute atomic E-state index is 14.0. The van der Waals surface area contributed by atoms with Crippen LogP contribution >= 0.6 is 0 Å². The zero-order valence-electron chi connectivity index (χ0n) is 23.7. The highest BCUT2D eigenvalue weighted by Crippen LogP contribution is 2.25. The first-order chi connectivity index (χ1) is 20.8. The molecule has 43 heavy (non-hydrogen) atoms. The third kappa shape index (κ3) is 7.64. The van der Waals surface area contributed by atoms with Crippen molar-refractivity contribution < 1.29 is 18.0 Å². The summed E-state index contributed by atoms with van der Waals surface area (Å²) in [5, 5.41) is 7.31. The molecule has 1 N–H and O–H groups in total. The number of amides is 2. The molecule has 0 aliphatic heterocycles. The van der Waals surface area contributed by atoms with Crippen LogP contribution in [0.4, 0.5) is 5.69 Å². The first-order valence-corrected chi connectivity index (χ1v) is 15.5. The molecule has 1 aromatic heterocycles. The molecule has 4 aromatic carbocycles. The number of rotatable bonds is 11. The lowest BCUT2D eigenvalue weighted by molar-refractivity contribution is -0.132. The van der Waals surface area contributed by atoms with Gasteiger partial charge in [0.2, 0.25) is 11.8 Å². The number of hydrogen-bond acceptors (Lipinski definition) is 5. The Morgan fingerprint density at radius 2 is 1.56 bits per heavy atom. The van der Waals surface area contributed by atoms with Gasteiger partial charge in [0, 0.05) is 18.4 Å². The van der Waals surface area contributed by atoms with Crippen molar-refractivity contribution in [1.29, 1.82) is 0 Å². The summed E-state index contributed by atoms with van der Waals surface area (Å²) in [4.78, 5) is 29.1. The quantitative estimate of drug-likeness (QED) is 0.207. The molecule has 0 saturated carbocycles. The molecule has 9 heteroatoms. The van der Waals surface area contributed by atoms with Crippen molar-refractivity contribution in [2.75, 3.05) is 11.4 Å². The number of carbonyl (C=O) groups is 2. The lowest BCUT2D eigenvalue weighted by Gasteiger charge is -2.26. The first kappa shape index (κ1) is 29.5. The fraction of sp³-hybridized carbons (Fsp3) is 0.147. The molecule has 1 heterocycles. The van der Waals surface area contributed by atoms with Gasteiger partial charge in [0.25, 0.3) is 10.0 Å². The zero-order chi connectivity index (χ0) is 30.2. The Morgan fingerprint density at radius 1 is 0.884 bits per heavy atom. The van der Waals surface area contributed by atoms with Crippen LogP contribution in [-0.4, -0.2) is 36.6 Å². The molecular weight excluding hydrogens is 560 g/mol. The molecule has 8 nitrogen and oxygen atoms in total. The molecule has 218 valence electrons. The largest absolute Gasteiger partial charge is 0.312 e. The highest BCUT2D eigenvalue weighted by molar-refractivity contribution is 7.93. The molecule has 5 rings (SSSR count). The summed E-state index contributed by atoms with van der Waals surface area (Å²) in [6, 6.07) is 32.1. The predicted molar refractivity (Wildman–Crippen MR) is 169 cm³/mol. The summed E-state index contributed by atoms with van der Waals surface area (Å²) in [7, 11) is -4.18. The van der Waals surface area contributed by atoms with Crippen LogP contribution < -0.4 is 9.62 Å². The Bertz CT molecular complexity index is 1850. The second-order valence-electron chi connectivity index (χ2n) is 10.1. The monoisotopic (exact) mass is 592 g/mol. The van der Waals surface area contributed by atoms with Crippen LogP contribution in [0.1, 0.15) is 23.6 Å². The van der Waals surface area contributed by atoms with Crippen molar-refractivity contribution in [2.24, 2.45) is 5.92 Å². The Hall–Kier alpha value is -5.02. The minimum atomic E-state index is -4.18. The Morgan fingerprint density at radius 3 is 2.28 bits per heavy atom. The van der Waals surface area contributed by atoms with E-state index in [2.05, 4.69) is 9.82 Å². The Balaban J connectivity index is 1.42. The summed E-state index contributed by atoms with van der Waals surface area (Å²) in [5.74, 6) is -2.73. The van der Waals surface area contributed by atoms with Gasteiger partial charge in [0.1, 0.15) is 5.92 Å². The number of nitrogens with zero attached hydrogens (tertiary/aromatic N) is 3. The van der Waals surface area contributed by atoms with Crippen molar-refractivity contribution in [2.45, 2.75) is 19.9 Å². The molecular formula is C34H32N4O4S. The molecule has 1 unspecified atom stereocenters. The fourth-order valence-corrected chi connectivity index (χ4v) is 5.70. The van der Waals surface area contributed by atoms with Gasteiger partial charge in [-0.1, -0.05) is 91.0 Å². The van der Waals surface area contributed by atoms with Crippen LogP contribution in [0.3, 0.4) is 0 Å². The van der Waals surface area contributed by atoms with Crippen molar-refractivity contribution >= 4 is 44.4 Å². The van der Waals surface area contributed by atoms with E-state index < -0.39 is 27.8 Å². The van der Waals surface area contributed by atoms with Crippen LogP contribution in [0.5, 0.6) is 0 Å². The average molecular weight is 593 g/mol. The smallest absolute Gasteiger partial charge is 0.257 e. The lowest BCUT2D eigenvalue weighted by Crippen LogP contribution is -2.46. The number of hydrogen-bond donors (Lipinski definition) is 1. The summed E-state index contributed by atoms with van der Waals surface area (Å²) < 4.78 is 29.6.